The molecule has 1 rings (SSSR count). The number of hydrogen-bond donors (Lipinski definition) is 1. The molecule has 0 aliphatic rings. The number of carbonyl (C=O) groups excluding carboxylic acids is 2. The number of rotatable bonds is 2. The lowest BCUT2D eigenvalue weighted by Crippen LogP contribution is -2.03. The Kier molecular flexibility index (Phi) is 4.76. The molecule has 1 aromatic carbocycles. The molecule has 5 nitrogen and oxygen atoms in total. The molecular formula is C13H13NO4. The van der Waals surface area contributed by atoms with Crippen LogP contribution >= 0.6 is 0 Å². The van der Waals surface area contributed by atoms with Crippen molar-refractivity contribution in [1.29, 1.82) is 0 Å². The third-order valence-electron chi connectivity index (χ3n) is 2.05. The van der Waals surface area contributed by atoms with Crippen LogP contribution in [-0.2, 0) is 14.3 Å². The highest BCUT2D eigenvalue weighted by Gasteiger charge is 2.07. The van der Waals surface area contributed by atoms with E-state index in [4.69, 9.17) is 5.73 Å². The molecule has 0 atom stereocenters. The molecule has 0 bridgehead atoms. The van der Waals surface area contributed by atoms with Crippen LogP contribution in [0.3, 0.4) is 0 Å². The predicted molar refractivity (Wildman–Crippen MR) is 65.7 cm³/mol. The van der Waals surface area contributed by atoms with E-state index in [1.807, 2.05) is 0 Å². The molecule has 0 aliphatic carbocycles. The molecule has 0 fully saturated rings. The van der Waals surface area contributed by atoms with Crippen LogP contribution in [0, 0.1) is 11.8 Å². The summed E-state index contributed by atoms with van der Waals surface area (Å²) in [6.45, 7) is 1.96. The summed E-state index contributed by atoms with van der Waals surface area (Å²) < 4.78 is 9.21. The van der Waals surface area contributed by atoms with Crippen molar-refractivity contribution in [1.82, 2.24) is 0 Å². The summed E-state index contributed by atoms with van der Waals surface area (Å²) in [5, 5.41) is 0. The summed E-state index contributed by atoms with van der Waals surface area (Å²) in [5.74, 6) is 3.78. The van der Waals surface area contributed by atoms with Crippen LogP contribution in [0.2, 0.25) is 0 Å². The lowest BCUT2D eigenvalue weighted by Gasteiger charge is -2.02. The average Bonchev–Trinajstić information content (AvgIpc) is 2.36. The zero-order valence-electron chi connectivity index (χ0n) is 10.1. The van der Waals surface area contributed by atoms with Crippen LogP contribution in [0.5, 0.6) is 0 Å². The van der Waals surface area contributed by atoms with Crippen LogP contribution in [0.25, 0.3) is 0 Å². The predicted octanol–water partition coefficient (Wildman–Crippen LogP) is 0.970. The molecule has 0 saturated heterocycles. The molecule has 94 valence electrons. The molecule has 0 unspecified atom stereocenters. The van der Waals surface area contributed by atoms with Gasteiger partial charge in [-0.2, -0.15) is 0 Å². The Bertz CT molecular complexity index is 526. The van der Waals surface area contributed by atoms with Gasteiger partial charge in [0.25, 0.3) is 0 Å². The number of esters is 2. The quantitative estimate of drug-likeness (QED) is 0.478. The van der Waals surface area contributed by atoms with E-state index in [1.54, 1.807) is 13.0 Å². The van der Waals surface area contributed by atoms with Crippen molar-refractivity contribution in [3.63, 3.8) is 0 Å². The van der Waals surface area contributed by atoms with Crippen LogP contribution in [0.1, 0.15) is 22.8 Å². The van der Waals surface area contributed by atoms with Crippen molar-refractivity contribution in [2.24, 2.45) is 0 Å². The van der Waals surface area contributed by atoms with E-state index in [2.05, 4.69) is 21.3 Å². The second kappa shape index (κ2) is 6.30. The molecule has 5 heteroatoms. The minimum Gasteiger partial charge on any atom is -0.465 e. The molecule has 0 aliphatic heterocycles. The molecule has 0 amide bonds. The van der Waals surface area contributed by atoms with Gasteiger partial charge in [-0.1, -0.05) is 5.92 Å². The normalized spacial score (nSPS) is 9.00. The van der Waals surface area contributed by atoms with Crippen LogP contribution < -0.4 is 5.73 Å². The topological polar surface area (TPSA) is 78.6 Å². The van der Waals surface area contributed by atoms with Gasteiger partial charge in [-0.05, 0) is 25.1 Å². The minimum absolute atomic E-state index is 0.268. The number of ether oxygens (including phenoxy) is 2. The summed E-state index contributed by atoms with van der Waals surface area (Å²) in [6, 6.07) is 4.52. The first-order valence-corrected chi connectivity index (χ1v) is 5.25. The maximum absolute atomic E-state index is 11.2. The summed E-state index contributed by atoms with van der Waals surface area (Å²) >= 11 is 0. The fourth-order valence-electron chi connectivity index (χ4n) is 1.21. The van der Waals surface area contributed by atoms with Gasteiger partial charge in [0.15, 0.2) is 0 Å². The third kappa shape index (κ3) is 3.52. The Morgan fingerprint density at radius 1 is 1.39 bits per heavy atom. The van der Waals surface area contributed by atoms with Crippen LogP contribution in [0.15, 0.2) is 18.2 Å². The SMILES string of the molecule is CCOC(=O)C#Cc1ccc(C(=O)OC)cc1N. The van der Waals surface area contributed by atoms with Gasteiger partial charge in [0.1, 0.15) is 0 Å². The molecular weight excluding hydrogens is 234 g/mol. The second-order valence-corrected chi connectivity index (χ2v) is 3.26. The Labute approximate surface area is 105 Å². The molecule has 0 radical (unpaired) electrons. The molecule has 0 spiro atoms. The Morgan fingerprint density at radius 2 is 2.11 bits per heavy atom. The molecule has 1 aromatic rings. The number of hydrogen-bond acceptors (Lipinski definition) is 5. The van der Waals surface area contributed by atoms with Gasteiger partial charge in [-0.3, -0.25) is 0 Å². The number of nitrogens with two attached hydrogens (primary N) is 1. The smallest absolute Gasteiger partial charge is 0.384 e. The second-order valence-electron chi connectivity index (χ2n) is 3.26. The largest absolute Gasteiger partial charge is 0.465 e. The van der Waals surface area contributed by atoms with Gasteiger partial charge < -0.3 is 15.2 Å². The first-order chi connectivity index (χ1) is 8.58. The summed E-state index contributed by atoms with van der Waals surface area (Å²) in [4.78, 5) is 22.3. The Morgan fingerprint density at radius 3 is 2.67 bits per heavy atom. The van der Waals surface area contributed by atoms with Crippen LogP contribution in [-0.4, -0.2) is 25.7 Å². The lowest BCUT2D eigenvalue weighted by molar-refractivity contribution is -0.136. The van der Waals surface area contributed by atoms with E-state index in [1.165, 1.54) is 19.2 Å². The van der Waals surface area contributed by atoms with Gasteiger partial charge in [-0.15, -0.1) is 0 Å². The zero-order chi connectivity index (χ0) is 13.5. The number of carbonyl (C=O) groups is 2. The fourth-order valence-corrected chi connectivity index (χ4v) is 1.21. The highest BCUT2D eigenvalue weighted by Crippen LogP contribution is 2.13. The fraction of sp³-hybridized carbons (Fsp3) is 0.231. The summed E-state index contributed by atoms with van der Waals surface area (Å²) in [7, 11) is 1.28. The van der Waals surface area contributed by atoms with Crippen molar-refractivity contribution >= 4 is 17.6 Å². The van der Waals surface area contributed by atoms with Crippen molar-refractivity contribution < 1.29 is 19.1 Å². The average molecular weight is 247 g/mol. The maximum Gasteiger partial charge on any atom is 0.384 e. The Balaban J connectivity index is 2.93. The van der Waals surface area contributed by atoms with Gasteiger partial charge in [-0.25, -0.2) is 9.59 Å². The van der Waals surface area contributed by atoms with Crippen molar-refractivity contribution in [2.75, 3.05) is 19.5 Å². The van der Waals surface area contributed by atoms with Gasteiger partial charge in [0.2, 0.25) is 0 Å². The lowest BCUT2D eigenvalue weighted by atomic mass is 10.1. The minimum atomic E-state index is -0.617. The van der Waals surface area contributed by atoms with Gasteiger partial charge in [0, 0.05) is 17.2 Å². The van der Waals surface area contributed by atoms with E-state index in [-0.39, 0.29) is 6.61 Å². The number of anilines is 1. The van der Waals surface area contributed by atoms with E-state index in [0.29, 0.717) is 16.8 Å². The van der Waals surface area contributed by atoms with E-state index >= 15 is 0 Å². The molecule has 18 heavy (non-hydrogen) atoms. The summed E-state index contributed by atoms with van der Waals surface area (Å²) in [5.41, 5.74) is 6.80. The standard InChI is InChI=1S/C13H13NO4/c1-3-18-12(15)7-6-9-4-5-10(8-11(9)14)13(16)17-2/h4-5,8H,3,14H2,1-2H3. The molecule has 0 saturated carbocycles. The monoisotopic (exact) mass is 247 g/mol. The first kappa shape index (κ1) is 13.6. The maximum atomic E-state index is 11.2. The molecule has 0 heterocycles. The van der Waals surface area contributed by atoms with Crippen LogP contribution in [0.4, 0.5) is 5.69 Å². The van der Waals surface area contributed by atoms with Crippen molar-refractivity contribution in [2.45, 2.75) is 6.92 Å². The van der Waals surface area contributed by atoms with E-state index < -0.39 is 11.9 Å². The number of methoxy groups -OCH3 is 1. The number of benzene rings is 1. The van der Waals surface area contributed by atoms with Gasteiger partial charge in [0.05, 0.1) is 19.3 Å². The molecule has 2 N–H and O–H groups in total. The highest BCUT2D eigenvalue weighted by molar-refractivity contribution is 5.92. The Hall–Kier alpha value is -2.48. The van der Waals surface area contributed by atoms with E-state index in [0.717, 1.165) is 0 Å². The first-order valence-electron chi connectivity index (χ1n) is 5.25. The van der Waals surface area contributed by atoms with Gasteiger partial charge >= 0.3 is 11.9 Å². The summed E-state index contributed by atoms with van der Waals surface area (Å²) in [6.07, 6.45) is 0. The van der Waals surface area contributed by atoms with Crippen molar-refractivity contribution in [3.05, 3.63) is 29.3 Å². The molecule has 0 aromatic heterocycles. The highest BCUT2D eigenvalue weighted by atomic mass is 16.5. The zero-order valence-corrected chi connectivity index (χ0v) is 10.1. The van der Waals surface area contributed by atoms with E-state index in [9.17, 15) is 9.59 Å². The third-order valence-corrected chi connectivity index (χ3v) is 2.05. The van der Waals surface area contributed by atoms with Crippen molar-refractivity contribution in [3.8, 4) is 11.8 Å². The number of nitrogen functional groups attached to an aromatic ring is 1.